The van der Waals surface area contributed by atoms with Crippen molar-refractivity contribution >= 4 is 17.2 Å². The van der Waals surface area contributed by atoms with Crippen molar-refractivity contribution in [2.24, 2.45) is 0 Å². The molecule has 2 N–H and O–H groups in total. The van der Waals surface area contributed by atoms with Gasteiger partial charge < -0.3 is 10.4 Å². The molecule has 0 spiro atoms. The van der Waals surface area contributed by atoms with E-state index in [4.69, 9.17) is 0 Å². The number of aryl methyl sites for hydroxylation is 1. The highest BCUT2D eigenvalue weighted by molar-refractivity contribution is 5.79. The van der Waals surface area contributed by atoms with E-state index in [0.29, 0.717) is 11.7 Å². The fourth-order valence-corrected chi connectivity index (χ4v) is 3.23. The molecule has 1 saturated carbocycles. The molecule has 0 amide bonds. The van der Waals surface area contributed by atoms with E-state index in [9.17, 15) is 5.11 Å². The van der Waals surface area contributed by atoms with Gasteiger partial charge in [-0.2, -0.15) is 0 Å². The Morgan fingerprint density at radius 2 is 2.00 bits per heavy atom. The number of aromatic nitrogens is 6. The Labute approximate surface area is 143 Å². The van der Waals surface area contributed by atoms with Gasteiger partial charge in [0, 0.05) is 41.5 Å². The van der Waals surface area contributed by atoms with Crippen molar-refractivity contribution in [1.29, 1.82) is 0 Å². The topological polar surface area (TPSA) is 92.6 Å². The van der Waals surface area contributed by atoms with Gasteiger partial charge in [-0.25, -0.2) is 19.5 Å². The average molecular weight is 335 g/mol. The standard InChI is InChI=1S/C17H17N7O/c1-10-6-19-17-20-7-11(9-23(10)17)14-2-3-24-15(14)8-18-16(22-24)21-12-4-13(25)5-12/h2-3,6-9,12-13,25H,4-5H2,1H3,(H,21,22). The summed E-state index contributed by atoms with van der Waals surface area (Å²) < 4.78 is 3.78. The van der Waals surface area contributed by atoms with Crippen LogP contribution in [0.25, 0.3) is 22.4 Å². The number of hydrogen-bond donors (Lipinski definition) is 2. The molecule has 25 heavy (non-hydrogen) atoms. The van der Waals surface area contributed by atoms with Crippen LogP contribution in [0.5, 0.6) is 0 Å². The van der Waals surface area contributed by atoms with Crippen LogP contribution in [0.15, 0.2) is 37.1 Å². The molecule has 0 unspecified atom stereocenters. The summed E-state index contributed by atoms with van der Waals surface area (Å²) in [4.78, 5) is 13.1. The number of rotatable bonds is 3. The number of fused-ring (bicyclic) bond motifs is 2. The van der Waals surface area contributed by atoms with Crippen molar-refractivity contribution in [2.75, 3.05) is 5.32 Å². The number of aliphatic hydroxyl groups excluding tert-OH is 1. The third-order valence-corrected chi connectivity index (χ3v) is 4.72. The van der Waals surface area contributed by atoms with Gasteiger partial charge in [0.25, 0.3) is 0 Å². The summed E-state index contributed by atoms with van der Waals surface area (Å²) in [6, 6.07) is 2.26. The first-order valence-electron chi connectivity index (χ1n) is 8.26. The molecule has 0 atom stereocenters. The van der Waals surface area contributed by atoms with Crippen molar-refractivity contribution in [1.82, 2.24) is 29.0 Å². The Morgan fingerprint density at radius 1 is 1.16 bits per heavy atom. The smallest absolute Gasteiger partial charge is 0.241 e. The molecule has 4 heterocycles. The minimum Gasteiger partial charge on any atom is -0.393 e. The van der Waals surface area contributed by atoms with Gasteiger partial charge in [-0.15, -0.1) is 5.10 Å². The van der Waals surface area contributed by atoms with Gasteiger partial charge in [0.2, 0.25) is 11.7 Å². The van der Waals surface area contributed by atoms with E-state index in [0.717, 1.165) is 35.2 Å². The highest BCUT2D eigenvalue weighted by Gasteiger charge is 2.27. The van der Waals surface area contributed by atoms with E-state index < -0.39 is 0 Å². The summed E-state index contributed by atoms with van der Waals surface area (Å²) >= 11 is 0. The van der Waals surface area contributed by atoms with Gasteiger partial charge >= 0.3 is 0 Å². The zero-order chi connectivity index (χ0) is 17.0. The molecular formula is C17H17N7O. The predicted octanol–water partition coefficient (Wildman–Crippen LogP) is 1.68. The normalized spacial score (nSPS) is 20.1. The van der Waals surface area contributed by atoms with Gasteiger partial charge in [-0.3, -0.25) is 4.40 Å². The zero-order valence-electron chi connectivity index (χ0n) is 13.7. The van der Waals surface area contributed by atoms with Crippen LogP contribution in [0.2, 0.25) is 0 Å². The summed E-state index contributed by atoms with van der Waals surface area (Å²) in [5, 5.41) is 17.1. The SMILES string of the molecule is Cc1cnc2ncc(-c3ccn4nc(NC5CC(O)C5)ncc34)cn12. The minimum absolute atomic E-state index is 0.200. The Kier molecular flexibility index (Phi) is 3.01. The summed E-state index contributed by atoms with van der Waals surface area (Å²) in [5.74, 6) is 1.26. The quantitative estimate of drug-likeness (QED) is 0.592. The molecule has 4 aromatic rings. The number of nitrogens with zero attached hydrogens (tertiary/aromatic N) is 6. The molecule has 8 heteroatoms. The molecule has 1 aliphatic rings. The molecule has 5 rings (SSSR count). The van der Waals surface area contributed by atoms with Gasteiger partial charge in [0.15, 0.2) is 0 Å². The third kappa shape index (κ3) is 2.33. The Bertz CT molecular complexity index is 1080. The first kappa shape index (κ1) is 14.4. The van der Waals surface area contributed by atoms with Crippen LogP contribution in [-0.2, 0) is 0 Å². The van der Waals surface area contributed by atoms with Crippen LogP contribution in [0.4, 0.5) is 5.95 Å². The highest BCUT2D eigenvalue weighted by atomic mass is 16.3. The first-order chi connectivity index (χ1) is 12.2. The number of anilines is 1. The van der Waals surface area contributed by atoms with Crippen molar-refractivity contribution in [3.8, 4) is 11.1 Å². The molecule has 1 fully saturated rings. The lowest BCUT2D eigenvalue weighted by Gasteiger charge is -2.31. The van der Waals surface area contributed by atoms with Gasteiger partial charge in [-0.1, -0.05) is 0 Å². The van der Waals surface area contributed by atoms with Gasteiger partial charge in [-0.05, 0) is 25.8 Å². The Morgan fingerprint density at radius 3 is 2.84 bits per heavy atom. The number of nitrogens with one attached hydrogen (secondary N) is 1. The fourth-order valence-electron chi connectivity index (χ4n) is 3.23. The third-order valence-electron chi connectivity index (χ3n) is 4.72. The Hall–Kier alpha value is -3.00. The second-order valence-corrected chi connectivity index (χ2v) is 6.52. The molecule has 0 radical (unpaired) electrons. The van der Waals surface area contributed by atoms with E-state index in [1.165, 1.54) is 0 Å². The van der Waals surface area contributed by atoms with Crippen LogP contribution in [-0.4, -0.2) is 46.2 Å². The van der Waals surface area contributed by atoms with Crippen molar-refractivity contribution in [3.05, 3.63) is 42.7 Å². The number of imidazole rings is 1. The van der Waals surface area contributed by atoms with E-state index in [-0.39, 0.29) is 12.1 Å². The maximum atomic E-state index is 9.38. The molecular weight excluding hydrogens is 318 g/mol. The predicted molar refractivity (Wildman–Crippen MR) is 92.4 cm³/mol. The first-order valence-corrected chi connectivity index (χ1v) is 8.26. The van der Waals surface area contributed by atoms with Crippen molar-refractivity contribution in [3.63, 3.8) is 0 Å². The van der Waals surface area contributed by atoms with Crippen LogP contribution >= 0.6 is 0 Å². The van der Waals surface area contributed by atoms with Crippen molar-refractivity contribution in [2.45, 2.75) is 31.9 Å². The maximum absolute atomic E-state index is 9.38. The van der Waals surface area contributed by atoms with Crippen LogP contribution in [0.3, 0.4) is 0 Å². The Balaban J connectivity index is 1.51. The molecule has 0 saturated heterocycles. The molecule has 8 nitrogen and oxygen atoms in total. The van der Waals surface area contributed by atoms with Crippen molar-refractivity contribution < 1.29 is 5.11 Å². The molecule has 0 bridgehead atoms. The lowest BCUT2D eigenvalue weighted by molar-refractivity contribution is 0.0833. The maximum Gasteiger partial charge on any atom is 0.241 e. The molecule has 4 aromatic heterocycles. The average Bonchev–Trinajstić information content (AvgIpc) is 3.17. The van der Waals surface area contributed by atoms with Gasteiger partial charge in [0.1, 0.15) is 0 Å². The summed E-state index contributed by atoms with van der Waals surface area (Å²) in [5.41, 5.74) is 3.96. The number of aliphatic hydroxyl groups is 1. The lowest BCUT2D eigenvalue weighted by atomic mass is 9.90. The van der Waals surface area contributed by atoms with E-state index >= 15 is 0 Å². The van der Waals surface area contributed by atoms with E-state index in [1.54, 1.807) is 0 Å². The molecule has 1 aliphatic carbocycles. The summed E-state index contributed by atoms with van der Waals surface area (Å²) in [6.07, 6.45) is 10.7. The monoisotopic (exact) mass is 335 g/mol. The minimum atomic E-state index is -0.200. The fraction of sp³-hybridized carbons (Fsp3) is 0.294. The van der Waals surface area contributed by atoms with Gasteiger partial charge in [0.05, 0.1) is 24.0 Å². The molecule has 0 aliphatic heterocycles. The molecule has 126 valence electrons. The largest absolute Gasteiger partial charge is 0.393 e. The molecule has 0 aromatic carbocycles. The lowest BCUT2D eigenvalue weighted by Crippen LogP contribution is -2.39. The van der Waals surface area contributed by atoms with Crippen LogP contribution < -0.4 is 5.32 Å². The van der Waals surface area contributed by atoms with Crippen LogP contribution in [0.1, 0.15) is 18.5 Å². The second-order valence-electron chi connectivity index (χ2n) is 6.52. The van der Waals surface area contributed by atoms with E-state index in [2.05, 4.69) is 25.4 Å². The summed E-state index contributed by atoms with van der Waals surface area (Å²) in [7, 11) is 0. The summed E-state index contributed by atoms with van der Waals surface area (Å²) in [6.45, 7) is 2.00. The number of hydrogen-bond acceptors (Lipinski definition) is 6. The zero-order valence-corrected chi connectivity index (χ0v) is 13.7. The van der Waals surface area contributed by atoms with E-state index in [1.807, 2.05) is 52.9 Å². The van der Waals surface area contributed by atoms with Crippen LogP contribution in [0, 0.1) is 6.92 Å². The second kappa shape index (κ2) is 5.25. The highest BCUT2D eigenvalue weighted by Crippen LogP contribution is 2.26.